The molecule has 2 heterocycles. The summed E-state index contributed by atoms with van der Waals surface area (Å²) < 4.78 is 0. The fourth-order valence-corrected chi connectivity index (χ4v) is 2.18. The summed E-state index contributed by atoms with van der Waals surface area (Å²) in [5, 5.41) is 3.49. The van der Waals surface area contributed by atoms with Crippen molar-refractivity contribution in [1.82, 2.24) is 15.0 Å². The number of benzene rings is 1. The van der Waals surface area contributed by atoms with E-state index in [4.69, 9.17) is 34.8 Å². The third-order valence-corrected chi connectivity index (χ3v) is 3.34. The van der Waals surface area contributed by atoms with Gasteiger partial charge in [0, 0.05) is 6.42 Å². The number of anilines is 2. The third kappa shape index (κ3) is 5.46. The van der Waals surface area contributed by atoms with Gasteiger partial charge < -0.3 is 10.1 Å². The number of ketones is 1. The molecule has 1 N–H and O–H groups in total. The Balaban J connectivity index is 0.000000229. The van der Waals surface area contributed by atoms with Crippen LogP contribution in [-0.2, 0) is 9.59 Å². The molecule has 0 atom stereocenters. The number of halogens is 3. The minimum absolute atomic E-state index is 0.0227. The van der Waals surface area contributed by atoms with Crippen LogP contribution in [0.1, 0.15) is 6.42 Å². The fraction of sp³-hybridized carbons (Fsp3) is 0.154. The first kappa shape index (κ1) is 17.7. The highest BCUT2D eigenvalue weighted by Gasteiger charge is 2.20. The maximum Gasteiger partial charge on any atom is 0.232 e. The van der Waals surface area contributed by atoms with E-state index < -0.39 is 0 Å². The summed E-state index contributed by atoms with van der Waals surface area (Å²) in [7, 11) is 1.43. The van der Waals surface area contributed by atoms with Crippen LogP contribution in [0.3, 0.4) is 0 Å². The van der Waals surface area contributed by atoms with Crippen molar-refractivity contribution in [3.05, 3.63) is 39.9 Å². The van der Waals surface area contributed by atoms with E-state index in [9.17, 15) is 9.59 Å². The topological polar surface area (TPSA) is 84.8 Å². The summed E-state index contributed by atoms with van der Waals surface area (Å²) >= 11 is 17.2. The summed E-state index contributed by atoms with van der Waals surface area (Å²) in [4.78, 5) is 31.7. The molecule has 1 radical (unpaired) electrons. The zero-order chi connectivity index (χ0) is 16.8. The number of Topliss-reactive ketones (excluding diaryl/α,β-unsaturated/α-hetero) is 1. The Bertz CT molecular complexity index is 711. The Hall–Kier alpha value is -1.70. The predicted molar refractivity (Wildman–Crippen MR) is 89.8 cm³/mol. The molecule has 1 aliphatic rings. The van der Waals surface area contributed by atoms with Gasteiger partial charge in [0.15, 0.2) is 5.78 Å². The van der Waals surface area contributed by atoms with Crippen molar-refractivity contribution in [2.45, 2.75) is 12.7 Å². The van der Waals surface area contributed by atoms with E-state index in [0.717, 1.165) is 0 Å². The molecule has 0 saturated carbocycles. The van der Waals surface area contributed by atoms with E-state index in [1.165, 1.54) is 7.28 Å². The van der Waals surface area contributed by atoms with Crippen molar-refractivity contribution in [2.24, 2.45) is 0 Å². The molecule has 3 rings (SSSR count). The van der Waals surface area contributed by atoms with Gasteiger partial charge in [-0.2, -0.15) is 15.0 Å². The number of carbonyl (C=O) groups is 2. The Kier molecular flexibility index (Phi) is 6.33. The monoisotopic (exact) mass is 369 g/mol. The number of hydrogen-bond acceptors (Lipinski definition) is 6. The third-order valence-electron chi connectivity index (χ3n) is 2.68. The first-order chi connectivity index (χ1) is 11.0. The van der Waals surface area contributed by atoms with E-state index in [0.29, 0.717) is 23.5 Å². The van der Waals surface area contributed by atoms with Crippen LogP contribution in [0.4, 0.5) is 11.6 Å². The Morgan fingerprint density at radius 1 is 1.00 bits per heavy atom. The summed E-state index contributed by atoms with van der Waals surface area (Å²) in [5.41, 5.74) is 0.363. The first-order valence-electron chi connectivity index (χ1n) is 6.44. The van der Waals surface area contributed by atoms with Crippen molar-refractivity contribution >= 4 is 65.2 Å². The van der Waals surface area contributed by atoms with Crippen LogP contribution < -0.4 is 5.32 Å². The number of rotatable bonds is 2. The SMILES string of the molecule is Clc1nc(Cl)nc(Nc2ccccc2Cl)n1.O=C1[B]CCC1=O. The molecule has 2 aromatic rings. The van der Waals surface area contributed by atoms with E-state index in [-0.39, 0.29) is 28.0 Å². The van der Waals surface area contributed by atoms with Crippen LogP contribution in [0.25, 0.3) is 0 Å². The minimum atomic E-state index is -0.306. The molecule has 1 saturated heterocycles. The highest BCUT2D eigenvalue weighted by atomic mass is 35.5. The molecule has 1 aliphatic heterocycles. The van der Waals surface area contributed by atoms with Crippen LogP contribution in [0.2, 0.25) is 21.9 Å². The number of carbonyl (C=O) groups excluding carboxylic acids is 2. The van der Waals surface area contributed by atoms with E-state index in [1.54, 1.807) is 12.1 Å². The lowest BCUT2D eigenvalue weighted by Gasteiger charge is -2.06. The highest BCUT2D eigenvalue weighted by molar-refractivity contribution is 6.91. The average Bonchev–Trinajstić information content (AvgIpc) is 2.85. The smallest absolute Gasteiger partial charge is 0.232 e. The number of aromatic nitrogens is 3. The summed E-state index contributed by atoms with van der Waals surface area (Å²) in [5.74, 6) is 0.0121. The lowest BCUT2D eigenvalue weighted by Crippen LogP contribution is -2.08. The number of nitrogens with one attached hydrogen (secondary N) is 1. The van der Waals surface area contributed by atoms with Gasteiger partial charge in [-0.3, -0.25) is 4.79 Å². The van der Waals surface area contributed by atoms with Crippen LogP contribution in [0.15, 0.2) is 24.3 Å². The van der Waals surface area contributed by atoms with Gasteiger partial charge in [-0.15, -0.1) is 0 Å². The van der Waals surface area contributed by atoms with E-state index in [2.05, 4.69) is 20.3 Å². The fourth-order valence-electron chi connectivity index (χ4n) is 1.64. The van der Waals surface area contributed by atoms with Gasteiger partial charge in [-0.25, -0.2) is 0 Å². The van der Waals surface area contributed by atoms with Gasteiger partial charge in [0.05, 0.1) is 10.7 Å². The number of hydrogen-bond donors (Lipinski definition) is 1. The standard InChI is InChI=1S/C9H5Cl3N4.C4H4BO2/c10-5-3-1-2-4-6(5)13-9-15-7(11)14-8(12)16-9;6-3-1-2-5-4(3)7/h1-4H,(H,13,14,15,16);1-2H2. The largest absolute Gasteiger partial charge is 0.323 e. The van der Waals surface area contributed by atoms with E-state index in [1.807, 2.05) is 12.1 Å². The van der Waals surface area contributed by atoms with Crippen LogP contribution in [-0.4, -0.2) is 33.7 Å². The van der Waals surface area contributed by atoms with Crippen molar-refractivity contribution in [1.29, 1.82) is 0 Å². The van der Waals surface area contributed by atoms with Crippen LogP contribution >= 0.6 is 34.8 Å². The molecule has 0 spiro atoms. The molecular formula is C13H9BCl3N4O2. The molecule has 6 nitrogen and oxygen atoms in total. The van der Waals surface area contributed by atoms with Gasteiger partial charge in [0.25, 0.3) is 0 Å². The van der Waals surface area contributed by atoms with E-state index >= 15 is 0 Å². The Labute approximate surface area is 147 Å². The number of para-hydroxylation sites is 1. The maximum absolute atomic E-state index is 10.2. The predicted octanol–water partition coefficient (Wildman–Crippen LogP) is 3.18. The normalized spacial score (nSPS) is 13.2. The lowest BCUT2D eigenvalue weighted by atomic mass is 9.76. The molecule has 117 valence electrons. The lowest BCUT2D eigenvalue weighted by molar-refractivity contribution is -0.131. The highest BCUT2D eigenvalue weighted by Crippen LogP contribution is 2.23. The second-order valence-corrected chi connectivity index (χ2v) is 5.42. The zero-order valence-electron chi connectivity index (χ0n) is 11.6. The minimum Gasteiger partial charge on any atom is -0.323 e. The quantitative estimate of drug-likeness (QED) is 0.646. The van der Waals surface area contributed by atoms with Gasteiger partial charge in [0.1, 0.15) is 5.68 Å². The first-order valence-corrected chi connectivity index (χ1v) is 7.58. The Morgan fingerprint density at radius 2 is 1.65 bits per heavy atom. The molecule has 0 bridgehead atoms. The summed E-state index contributed by atoms with van der Waals surface area (Å²) in [6, 6.07) is 7.18. The average molecular weight is 370 g/mol. The summed E-state index contributed by atoms with van der Waals surface area (Å²) in [6.45, 7) is 0. The second kappa shape index (κ2) is 8.24. The van der Waals surface area contributed by atoms with Crippen molar-refractivity contribution in [2.75, 3.05) is 5.32 Å². The van der Waals surface area contributed by atoms with Gasteiger partial charge in [-0.05, 0) is 35.3 Å². The summed E-state index contributed by atoms with van der Waals surface area (Å²) in [6.07, 6.45) is 1.08. The molecule has 23 heavy (non-hydrogen) atoms. The van der Waals surface area contributed by atoms with Crippen molar-refractivity contribution < 1.29 is 9.59 Å². The molecule has 0 aliphatic carbocycles. The van der Waals surface area contributed by atoms with Gasteiger partial charge >= 0.3 is 0 Å². The van der Waals surface area contributed by atoms with Crippen LogP contribution in [0.5, 0.6) is 0 Å². The van der Waals surface area contributed by atoms with Gasteiger partial charge in [0.2, 0.25) is 23.8 Å². The van der Waals surface area contributed by atoms with Crippen molar-refractivity contribution in [3.63, 3.8) is 0 Å². The second-order valence-electron chi connectivity index (χ2n) is 4.33. The molecule has 1 aromatic carbocycles. The molecule has 0 amide bonds. The molecule has 1 fully saturated rings. The molecule has 0 unspecified atom stereocenters. The zero-order valence-corrected chi connectivity index (χ0v) is 13.9. The molecule has 1 aromatic heterocycles. The maximum atomic E-state index is 10.2. The Morgan fingerprint density at radius 3 is 2.13 bits per heavy atom. The van der Waals surface area contributed by atoms with Crippen LogP contribution in [0, 0.1) is 0 Å². The molecular weight excluding hydrogens is 361 g/mol. The van der Waals surface area contributed by atoms with Gasteiger partial charge in [-0.1, -0.05) is 30.1 Å². The number of nitrogens with zero attached hydrogens (tertiary/aromatic N) is 3. The molecule has 10 heteroatoms. The van der Waals surface area contributed by atoms with Crippen molar-refractivity contribution in [3.8, 4) is 0 Å².